The SMILES string of the molecule is CCNC(C)(C)[C@H](NC(=O)OCc1ccccc1)C(=O)N[C@H](C(=O)O)C(C)(C)C. The summed E-state index contributed by atoms with van der Waals surface area (Å²) in [5.74, 6) is -1.74. The predicted octanol–water partition coefficient (Wildman–Crippen LogP) is 2.28. The summed E-state index contributed by atoms with van der Waals surface area (Å²) >= 11 is 0. The highest BCUT2D eigenvalue weighted by Crippen LogP contribution is 2.20. The Kier molecular flexibility index (Phi) is 8.63. The minimum absolute atomic E-state index is 0.0579. The Morgan fingerprint density at radius 3 is 2.07 bits per heavy atom. The van der Waals surface area contributed by atoms with Crippen molar-refractivity contribution in [2.75, 3.05) is 6.54 Å². The number of carboxylic acids is 1. The maximum Gasteiger partial charge on any atom is 0.408 e. The summed E-state index contributed by atoms with van der Waals surface area (Å²) in [7, 11) is 0. The Hall–Kier alpha value is -2.61. The molecule has 0 aliphatic rings. The van der Waals surface area contributed by atoms with Crippen LogP contribution in [-0.4, -0.2) is 47.2 Å². The predicted molar refractivity (Wildman–Crippen MR) is 110 cm³/mol. The summed E-state index contributed by atoms with van der Waals surface area (Å²) in [6.07, 6.45) is -0.761. The average Bonchev–Trinajstić information content (AvgIpc) is 2.61. The van der Waals surface area contributed by atoms with Crippen LogP contribution in [0.3, 0.4) is 0 Å². The highest BCUT2D eigenvalue weighted by molar-refractivity contribution is 5.90. The Balaban J connectivity index is 2.94. The topological polar surface area (TPSA) is 117 Å². The molecule has 0 aliphatic heterocycles. The molecule has 29 heavy (non-hydrogen) atoms. The molecule has 2 atom stereocenters. The summed E-state index contributed by atoms with van der Waals surface area (Å²) in [6, 6.07) is 7.00. The lowest BCUT2D eigenvalue weighted by Crippen LogP contribution is -2.65. The van der Waals surface area contributed by atoms with Crippen molar-refractivity contribution in [2.24, 2.45) is 5.41 Å². The smallest absolute Gasteiger partial charge is 0.408 e. The standard InChI is InChI=1S/C21H33N3O5/c1-7-22-21(5,6)15(17(25)23-16(18(26)27)20(2,3)4)24-19(28)29-13-14-11-9-8-10-12-14/h8-12,15-16,22H,7,13H2,1-6H3,(H,23,25)(H,24,28)(H,26,27)/t15-,16-/m1/s1. The maximum absolute atomic E-state index is 13.0. The lowest BCUT2D eigenvalue weighted by atomic mass is 9.85. The van der Waals surface area contributed by atoms with E-state index in [0.717, 1.165) is 5.56 Å². The van der Waals surface area contributed by atoms with Gasteiger partial charge >= 0.3 is 12.1 Å². The third kappa shape index (κ3) is 7.73. The summed E-state index contributed by atoms with van der Waals surface area (Å²) < 4.78 is 5.23. The van der Waals surface area contributed by atoms with E-state index in [4.69, 9.17) is 4.74 Å². The first-order valence-corrected chi connectivity index (χ1v) is 9.64. The molecule has 0 heterocycles. The van der Waals surface area contributed by atoms with Crippen LogP contribution in [0.25, 0.3) is 0 Å². The molecule has 0 unspecified atom stereocenters. The van der Waals surface area contributed by atoms with Gasteiger partial charge in [0.1, 0.15) is 18.7 Å². The van der Waals surface area contributed by atoms with E-state index >= 15 is 0 Å². The fourth-order valence-corrected chi connectivity index (χ4v) is 2.89. The van der Waals surface area contributed by atoms with Gasteiger partial charge in [-0.05, 0) is 31.4 Å². The van der Waals surface area contributed by atoms with E-state index in [0.29, 0.717) is 6.54 Å². The molecule has 8 heteroatoms. The van der Waals surface area contributed by atoms with Gasteiger partial charge in [-0.2, -0.15) is 0 Å². The number of nitrogens with one attached hydrogen (secondary N) is 3. The van der Waals surface area contributed by atoms with E-state index in [1.807, 2.05) is 37.3 Å². The summed E-state index contributed by atoms with van der Waals surface area (Å²) in [5.41, 5.74) is -0.735. The number of carbonyl (C=O) groups excluding carboxylic acids is 2. The van der Waals surface area contributed by atoms with Crippen molar-refractivity contribution in [3.63, 3.8) is 0 Å². The second-order valence-corrected chi connectivity index (χ2v) is 8.54. The van der Waals surface area contributed by atoms with Crippen molar-refractivity contribution in [2.45, 2.75) is 65.8 Å². The van der Waals surface area contributed by atoms with Crippen LogP contribution < -0.4 is 16.0 Å². The number of benzene rings is 1. The third-order valence-electron chi connectivity index (χ3n) is 4.49. The van der Waals surface area contributed by atoms with Gasteiger partial charge in [0.15, 0.2) is 0 Å². The molecule has 0 fully saturated rings. The quantitative estimate of drug-likeness (QED) is 0.499. The Bertz CT molecular complexity index is 698. The third-order valence-corrected chi connectivity index (χ3v) is 4.49. The van der Waals surface area contributed by atoms with Crippen LogP contribution in [0.15, 0.2) is 30.3 Å². The number of alkyl carbamates (subject to hydrolysis) is 1. The van der Waals surface area contributed by atoms with E-state index in [-0.39, 0.29) is 6.61 Å². The molecule has 0 bridgehead atoms. The average molecular weight is 408 g/mol. The Labute approximate surface area is 172 Å². The highest BCUT2D eigenvalue weighted by Gasteiger charge is 2.40. The van der Waals surface area contributed by atoms with E-state index in [1.165, 1.54) is 0 Å². The molecule has 162 valence electrons. The summed E-state index contributed by atoms with van der Waals surface area (Å²) in [4.78, 5) is 36.9. The molecule has 1 aromatic carbocycles. The van der Waals surface area contributed by atoms with Gasteiger partial charge in [-0.25, -0.2) is 9.59 Å². The minimum atomic E-state index is -1.14. The molecule has 0 spiro atoms. The largest absolute Gasteiger partial charge is 0.480 e. The zero-order valence-electron chi connectivity index (χ0n) is 18.0. The normalized spacial score (nSPS) is 13.9. The van der Waals surface area contributed by atoms with Crippen LogP contribution >= 0.6 is 0 Å². The van der Waals surface area contributed by atoms with Crippen molar-refractivity contribution in [3.8, 4) is 0 Å². The Morgan fingerprint density at radius 2 is 1.59 bits per heavy atom. The second-order valence-electron chi connectivity index (χ2n) is 8.54. The molecule has 8 nitrogen and oxygen atoms in total. The van der Waals surface area contributed by atoms with Gasteiger partial charge in [0.05, 0.1) is 0 Å². The van der Waals surface area contributed by atoms with Gasteiger partial charge in [-0.15, -0.1) is 0 Å². The maximum atomic E-state index is 13.0. The van der Waals surface area contributed by atoms with Crippen molar-refractivity contribution in [3.05, 3.63) is 35.9 Å². The number of ether oxygens (including phenoxy) is 1. The van der Waals surface area contributed by atoms with Gasteiger partial charge in [0.25, 0.3) is 0 Å². The molecule has 0 aromatic heterocycles. The molecule has 2 amide bonds. The van der Waals surface area contributed by atoms with Crippen molar-refractivity contribution in [1.82, 2.24) is 16.0 Å². The number of hydrogen-bond acceptors (Lipinski definition) is 5. The number of aliphatic carboxylic acids is 1. The van der Waals surface area contributed by atoms with Crippen LogP contribution in [0.2, 0.25) is 0 Å². The van der Waals surface area contributed by atoms with E-state index in [2.05, 4.69) is 16.0 Å². The van der Waals surface area contributed by atoms with Crippen LogP contribution in [-0.2, 0) is 20.9 Å². The van der Waals surface area contributed by atoms with E-state index in [9.17, 15) is 19.5 Å². The lowest BCUT2D eigenvalue weighted by molar-refractivity contribution is -0.145. The molecule has 4 N–H and O–H groups in total. The molecular weight excluding hydrogens is 374 g/mol. The van der Waals surface area contributed by atoms with Gasteiger partial charge in [-0.1, -0.05) is 58.0 Å². The Morgan fingerprint density at radius 1 is 1.00 bits per heavy atom. The molecule has 0 aliphatic carbocycles. The number of hydrogen-bond donors (Lipinski definition) is 4. The van der Waals surface area contributed by atoms with Crippen LogP contribution in [0, 0.1) is 5.41 Å². The van der Waals surface area contributed by atoms with Crippen LogP contribution in [0.4, 0.5) is 4.79 Å². The zero-order chi connectivity index (χ0) is 22.2. The minimum Gasteiger partial charge on any atom is -0.480 e. The first-order valence-electron chi connectivity index (χ1n) is 9.64. The molecule has 1 rings (SSSR count). The lowest BCUT2D eigenvalue weighted by Gasteiger charge is -2.36. The monoisotopic (exact) mass is 407 g/mol. The first-order chi connectivity index (χ1) is 13.4. The summed E-state index contributed by atoms with van der Waals surface area (Å²) in [6.45, 7) is 11.2. The van der Waals surface area contributed by atoms with E-state index < -0.39 is 41.0 Å². The van der Waals surface area contributed by atoms with Crippen molar-refractivity contribution >= 4 is 18.0 Å². The molecular formula is C21H33N3O5. The highest BCUT2D eigenvalue weighted by atomic mass is 16.5. The molecule has 0 saturated heterocycles. The van der Waals surface area contributed by atoms with Gasteiger partial charge < -0.3 is 25.8 Å². The number of carbonyl (C=O) groups is 3. The van der Waals surface area contributed by atoms with Crippen LogP contribution in [0.5, 0.6) is 0 Å². The number of carboxylic acid groups (broad SMARTS) is 1. The first kappa shape index (κ1) is 24.4. The van der Waals surface area contributed by atoms with Crippen LogP contribution in [0.1, 0.15) is 47.1 Å². The fourth-order valence-electron chi connectivity index (χ4n) is 2.89. The van der Waals surface area contributed by atoms with Gasteiger partial charge in [0, 0.05) is 5.54 Å². The number of likely N-dealkylation sites (N-methyl/N-ethyl adjacent to an activating group) is 1. The molecule has 0 saturated carbocycles. The number of amides is 2. The van der Waals surface area contributed by atoms with E-state index in [1.54, 1.807) is 34.6 Å². The van der Waals surface area contributed by atoms with Gasteiger partial charge in [0.2, 0.25) is 5.91 Å². The number of rotatable bonds is 9. The molecule has 1 aromatic rings. The molecule has 0 radical (unpaired) electrons. The van der Waals surface area contributed by atoms with Gasteiger partial charge in [-0.3, -0.25) is 4.79 Å². The van der Waals surface area contributed by atoms with Crippen molar-refractivity contribution < 1.29 is 24.2 Å². The summed E-state index contributed by atoms with van der Waals surface area (Å²) in [5, 5.41) is 17.8. The zero-order valence-corrected chi connectivity index (χ0v) is 18.0. The van der Waals surface area contributed by atoms with Crippen molar-refractivity contribution in [1.29, 1.82) is 0 Å². The second kappa shape index (κ2) is 10.2. The fraction of sp³-hybridized carbons (Fsp3) is 0.571.